The van der Waals surface area contributed by atoms with Crippen molar-refractivity contribution in [3.8, 4) is 17.2 Å². The van der Waals surface area contributed by atoms with Gasteiger partial charge in [0.25, 0.3) is 0 Å². The van der Waals surface area contributed by atoms with Crippen molar-refractivity contribution < 1.29 is 42.0 Å². The molecule has 3 aromatic carbocycles. The second-order valence-corrected chi connectivity index (χ2v) is 6.69. The first-order valence-corrected chi connectivity index (χ1v) is 10.0. The molecule has 0 atom stereocenters. The van der Waals surface area contributed by atoms with E-state index >= 15 is 0 Å². The zero-order chi connectivity index (χ0) is 24.5. The smallest absolute Gasteiger partial charge is 0.485 e. The van der Waals surface area contributed by atoms with Crippen molar-refractivity contribution in [1.82, 2.24) is 0 Å². The van der Waals surface area contributed by atoms with Gasteiger partial charge in [-0.2, -0.15) is 0 Å². The average molecular weight is 505 g/mol. The molecule has 0 unspecified atom stereocenters. The van der Waals surface area contributed by atoms with Crippen molar-refractivity contribution in [2.24, 2.45) is 0 Å². The Morgan fingerprint density at radius 2 is 1.18 bits per heavy atom. The van der Waals surface area contributed by atoms with E-state index in [4.69, 9.17) is 28.5 Å². The Morgan fingerprint density at radius 3 is 1.68 bits per heavy atom. The van der Waals surface area contributed by atoms with E-state index in [2.05, 4.69) is 18.1 Å². The van der Waals surface area contributed by atoms with Gasteiger partial charge in [-0.3, -0.25) is 4.79 Å². The van der Waals surface area contributed by atoms with Crippen LogP contribution in [-0.4, -0.2) is 30.5 Å². The maximum absolute atomic E-state index is 11.9. The quantitative estimate of drug-likeness (QED) is 0.351. The van der Waals surface area contributed by atoms with Gasteiger partial charge in [-0.05, 0) is 36.4 Å². The number of Topliss-reactive ketones (excluding diaryl/α,β-unsaturated/α-hetero) is 1. The van der Waals surface area contributed by atoms with Crippen molar-refractivity contribution in [3.05, 3.63) is 89.5 Å². The summed E-state index contributed by atoms with van der Waals surface area (Å²) >= 11 is 10.4. The largest absolute Gasteiger partial charge is 0.524 e. The van der Waals surface area contributed by atoms with Crippen LogP contribution in [0.5, 0.6) is 17.2 Å². The van der Waals surface area contributed by atoms with Gasteiger partial charge >= 0.3 is 18.1 Å². The van der Waals surface area contributed by atoms with Gasteiger partial charge in [0, 0.05) is 0 Å². The van der Waals surface area contributed by atoms with Gasteiger partial charge in [0.2, 0.25) is 5.78 Å². The summed E-state index contributed by atoms with van der Waals surface area (Å²) in [5.41, 5.74) is 0.463. The van der Waals surface area contributed by atoms with Gasteiger partial charge in [-0.15, -0.1) is 0 Å². The molecule has 0 saturated heterocycles. The Labute approximate surface area is 203 Å². The molecule has 0 fully saturated rings. The molecule has 1 aliphatic rings. The number of esters is 2. The molecule has 34 heavy (non-hydrogen) atoms. The van der Waals surface area contributed by atoms with E-state index < -0.39 is 18.1 Å². The van der Waals surface area contributed by atoms with Gasteiger partial charge < -0.3 is 22.8 Å². The number of fused-ring (bicyclic) bond motifs is 1. The molecule has 3 aromatic rings. The number of ketones is 1. The fourth-order valence-electron chi connectivity index (χ4n) is 2.73. The first kappa shape index (κ1) is 24.6. The Balaban J connectivity index is 0.000000266. The van der Waals surface area contributed by atoms with Gasteiger partial charge in [-0.1, -0.05) is 36.4 Å². The zero-order valence-electron chi connectivity index (χ0n) is 17.1. The van der Waals surface area contributed by atoms with Gasteiger partial charge in [0.05, 0.1) is 5.56 Å². The molecule has 0 bridgehead atoms. The molecule has 1 aliphatic heterocycles. The van der Waals surface area contributed by atoms with E-state index in [0.29, 0.717) is 11.3 Å². The average Bonchev–Trinajstić information content (AvgIpc) is 3.25. The van der Waals surface area contributed by atoms with E-state index in [1.807, 2.05) is 12.1 Å². The molecule has 0 aromatic heterocycles. The lowest BCUT2D eigenvalue weighted by Crippen LogP contribution is -2.18. The third-order valence-corrected chi connectivity index (χ3v) is 4.61. The molecule has 0 aliphatic carbocycles. The molecule has 0 N–H and O–H groups in total. The standard InChI is InChI=1S/C15H8Cl2O7.C8H6O2/c16-23-11-7-3-1-5-9(11)13(18)21-15(20)22-14(19)10-6-2-4-8-12(10)24-17;9-7-5-10-8-4-2-1-3-6(7)8/h1-8H;1-4H,5H2. The van der Waals surface area contributed by atoms with Gasteiger partial charge in [0.15, 0.2) is 18.1 Å². The SMILES string of the molecule is O=C(OC(=O)c1ccccc1OCl)OC(=O)c1ccccc1OCl.O=C1COc2ccccc21. The number of para-hydroxylation sites is 3. The van der Waals surface area contributed by atoms with Crippen LogP contribution in [0.2, 0.25) is 0 Å². The highest BCUT2D eigenvalue weighted by atomic mass is 35.5. The minimum absolute atomic E-state index is 0.0239. The van der Waals surface area contributed by atoms with Crippen LogP contribution >= 0.6 is 23.7 Å². The number of carbonyl (C=O) groups is 4. The number of halogens is 2. The third-order valence-electron chi connectivity index (χ3n) is 4.28. The first-order chi connectivity index (χ1) is 16.4. The van der Waals surface area contributed by atoms with Crippen LogP contribution in [0, 0.1) is 0 Å². The molecular weight excluding hydrogens is 491 g/mol. The summed E-state index contributed by atoms with van der Waals surface area (Å²) in [5, 5.41) is 0. The Kier molecular flexibility index (Phi) is 8.44. The maximum Gasteiger partial charge on any atom is 0.524 e. The fourth-order valence-corrected chi connectivity index (χ4v) is 3.00. The number of rotatable bonds is 4. The number of carbonyl (C=O) groups excluding carboxylic acids is 4. The second kappa shape index (κ2) is 11.7. The molecule has 11 heteroatoms. The monoisotopic (exact) mass is 504 g/mol. The van der Waals surface area contributed by atoms with Crippen molar-refractivity contribution in [1.29, 1.82) is 0 Å². The molecule has 0 radical (unpaired) electrons. The molecule has 4 rings (SSSR count). The molecule has 0 spiro atoms. The van der Waals surface area contributed by atoms with Gasteiger partial charge in [-0.25, -0.2) is 14.4 Å². The van der Waals surface area contributed by atoms with E-state index in [-0.39, 0.29) is 35.0 Å². The summed E-state index contributed by atoms with van der Waals surface area (Å²) in [6.45, 7) is 0.208. The topological polar surface area (TPSA) is 114 Å². The minimum Gasteiger partial charge on any atom is -0.485 e. The summed E-state index contributed by atoms with van der Waals surface area (Å²) in [6, 6.07) is 18.8. The van der Waals surface area contributed by atoms with E-state index in [1.165, 1.54) is 36.4 Å². The fraction of sp³-hybridized carbons (Fsp3) is 0.0435. The Hall–Kier alpha value is -4.08. The lowest BCUT2D eigenvalue weighted by Gasteiger charge is -2.07. The van der Waals surface area contributed by atoms with E-state index in [0.717, 1.165) is 0 Å². The summed E-state index contributed by atoms with van der Waals surface area (Å²) in [4.78, 5) is 46.2. The second-order valence-electron chi connectivity index (χ2n) is 6.38. The lowest BCUT2D eigenvalue weighted by atomic mass is 10.2. The predicted octanol–water partition coefficient (Wildman–Crippen LogP) is 5.15. The van der Waals surface area contributed by atoms with Crippen molar-refractivity contribution in [3.63, 3.8) is 0 Å². The summed E-state index contributed by atoms with van der Waals surface area (Å²) < 4.78 is 22.8. The van der Waals surface area contributed by atoms with Crippen LogP contribution in [0.15, 0.2) is 72.8 Å². The number of benzene rings is 3. The van der Waals surface area contributed by atoms with Crippen molar-refractivity contribution in [2.45, 2.75) is 0 Å². The van der Waals surface area contributed by atoms with Crippen LogP contribution in [0.1, 0.15) is 31.1 Å². The molecule has 0 amide bonds. The highest BCUT2D eigenvalue weighted by Gasteiger charge is 2.23. The van der Waals surface area contributed by atoms with Crippen LogP contribution in [0.25, 0.3) is 0 Å². The van der Waals surface area contributed by atoms with Crippen LogP contribution in [0.4, 0.5) is 4.79 Å². The summed E-state index contributed by atoms with van der Waals surface area (Å²) in [7, 11) is 0. The Bertz CT molecular complexity index is 1160. The number of hydrogen-bond acceptors (Lipinski definition) is 9. The lowest BCUT2D eigenvalue weighted by molar-refractivity contribution is 0.0336. The molecular formula is C23H14Cl2O9. The molecule has 0 saturated carbocycles. The maximum atomic E-state index is 11.9. The van der Waals surface area contributed by atoms with E-state index in [9.17, 15) is 19.2 Å². The van der Waals surface area contributed by atoms with Crippen molar-refractivity contribution in [2.75, 3.05) is 6.61 Å². The highest BCUT2D eigenvalue weighted by molar-refractivity contribution is 6.11. The van der Waals surface area contributed by atoms with Gasteiger partial charge in [0.1, 0.15) is 40.6 Å². The third kappa shape index (κ3) is 6.03. The number of hydrogen-bond donors (Lipinski definition) is 0. The highest BCUT2D eigenvalue weighted by Crippen LogP contribution is 2.24. The normalized spacial score (nSPS) is 11.2. The van der Waals surface area contributed by atoms with Crippen LogP contribution in [0.3, 0.4) is 0 Å². The van der Waals surface area contributed by atoms with Crippen LogP contribution < -0.4 is 13.3 Å². The first-order valence-electron chi connectivity index (χ1n) is 9.43. The van der Waals surface area contributed by atoms with Crippen LogP contribution in [-0.2, 0) is 9.47 Å². The summed E-state index contributed by atoms with van der Waals surface area (Å²) in [5.74, 6) is -1.46. The van der Waals surface area contributed by atoms with Crippen molar-refractivity contribution >= 4 is 47.6 Å². The minimum atomic E-state index is -1.53. The molecule has 174 valence electrons. The molecule has 1 heterocycles. The molecule has 9 nitrogen and oxygen atoms in total. The Morgan fingerprint density at radius 1 is 0.706 bits per heavy atom. The summed E-state index contributed by atoms with van der Waals surface area (Å²) in [6.07, 6.45) is -1.53. The predicted molar refractivity (Wildman–Crippen MR) is 118 cm³/mol. The number of ether oxygens (including phenoxy) is 3. The van der Waals surface area contributed by atoms with E-state index in [1.54, 1.807) is 24.3 Å². The zero-order valence-corrected chi connectivity index (χ0v) is 18.6.